The van der Waals surface area contributed by atoms with E-state index in [9.17, 15) is 10.1 Å². The first-order valence-electron chi connectivity index (χ1n) is 7.23. The number of rotatable bonds is 5. The van der Waals surface area contributed by atoms with E-state index in [0.717, 1.165) is 6.54 Å². The number of hydrogen-bond donors (Lipinski definition) is 2. The molecule has 1 aliphatic rings. The lowest BCUT2D eigenvalue weighted by atomic mass is 9.89. The molecule has 0 aliphatic heterocycles. The molecule has 1 fully saturated rings. The zero-order valence-corrected chi connectivity index (χ0v) is 12.5. The number of nitro groups is 1. The first-order chi connectivity index (χ1) is 10.0. The van der Waals surface area contributed by atoms with Gasteiger partial charge in [0, 0.05) is 13.6 Å². The molecule has 2 rings (SSSR count). The zero-order chi connectivity index (χ0) is 15.4. The molecule has 0 spiro atoms. The summed E-state index contributed by atoms with van der Waals surface area (Å²) in [6.45, 7) is 2.36. The van der Waals surface area contributed by atoms with E-state index < -0.39 is 4.92 Å². The van der Waals surface area contributed by atoms with Gasteiger partial charge in [-0.1, -0.05) is 19.3 Å². The maximum Gasteiger partial charge on any atom is 0.332 e. The highest BCUT2D eigenvalue weighted by atomic mass is 16.6. The van der Waals surface area contributed by atoms with E-state index >= 15 is 0 Å². The van der Waals surface area contributed by atoms with Gasteiger partial charge in [-0.25, -0.2) is 10.8 Å². The van der Waals surface area contributed by atoms with Crippen LogP contribution in [0, 0.1) is 23.0 Å². The Kier molecular flexibility index (Phi) is 4.89. The van der Waals surface area contributed by atoms with Gasteiger partial charge in [-0.2, -0.15) is 4.98 Å². The highest BCUT2D eigenvalue weighted by molar-refractivity contribution is 5.62. The monoisotopic (exact) mass is 294 g/mol. The van der Waals surface area contributed by atoms with Crippen LogP contribution in [0.5, 0.6) is 0 Å². The second kappa shape index (κ2) is 6.66. The van der Waals surface area contributed by atoms with Crippen molar-refractivity contribution in [3.8, 4) is 0 Å². The molecule has 0 saturated heterocycles. The molecule has 1 aromatic rings. The van der Waals surface area contributed by atoms with E-state index in [0.29, 0.717) is 17.4 Å². The normalized spacial score (nSPS) is 15.8. The van der Waals surface area contributed by atoms with Gasteiger partial charge in [0.1, 0.15) is 5.69 Å². The predicted octanol–water partition coefficient (Wildman–Crippen LogP) is 2.00. The molecule has 0 amide bonds. The molecule has 0 atom stereocenters. The summed E-state index contributed by atoms with van der Waals surface area (Å²) >= 11 is 0. The van der Waals surface area contributed by atoms with Crippen molar-refractivity contribution in [3.05, 3.63) is 15.8 Å². The van der Waals surface area contributed by atoms with Crippen molar-refractivity contribution >= 4 is 17.5 Å². The van der Waals surface area contributed by atoms with E-state index in [1.165, 1.54) is 32.1 Å². The van der Waals surface area contributed by atoms with Crippen molar-refractivity contribution in [3.63, 3.8) is 0 Å². The number of aryl methyl sites for hydroxylation is 1. The van der Waals surface area contributed by atoms with Crippen molar-refractivity contribution in [1.29, 1.82) is 0 Å². The summed E-state index contributed by atoms with van der Waals surface area (Å²) in [4.78, 5) is 20.9. The van der Waals surface area contributed by atoms with E-state index in [4.69, 9.17) is 5.84 Å². The third-order valence-corrected chi connectivity index (χ3v) is 3.97. The molecule has 1 saturated carbocycles. The van der Waals surface area contributed by atoms with Gasteiger partial charge >= 0.3 is 5.69 Å². The highest BCUT2D eigenvalue weighted by Gasteiger charge is 2.26. The van der Waals surface area contributed by atoms with Crippen LogP contribution in [-0.2, 0) is 0 Å². The second-order valence-electron chi connectivity index (χ2n) is 5.59. The van der Waals surface area contributed by atoms with Gasteiger partial charge in [-0.3, -0.25) is 15.5 Å². The number of nitrogens with one attached hydrogen (secondary N) is 1. The number of aromatic nitrogens is 2. The molecule has 1 aromatic heterocycles. The number of nitrogens with zero attached hydrogens (tertiary/aromatic N) is 4. The van der Waals surface area contributed by atoms with Crippen molar-refractivity contribution in [1.82, 2.24) is 9.97 Å². The Morgan fingerprint density at radius 1 is 1.38 bits per heavy atom. The predicted molar refractivity (Wildman–Crippen MR) is 81.1 cm³/mol. The zero-order valence-electron chi connectivity index (χ0n) is 12.5. The molecule has 116 valence electrons. The summed E-state index contributed by atoms with van der Waals surface area (Å²) in [6.07, 6.45) is 6.10. The first-order valence-corrected chi connectivity index (χ1v) is 7.23. The summed E-state index contributed by atoms with van der Waals surface area (Å²) < 4.78 is 0. The summed E-state index contributed by atoms with van der Waals surface area (Å²) in [6, 6.07) is 0. The first kappa shape index (κ1) is 15.4. The van der Waals surface area contributed by atoms with Crippen molar-refractivity contribution in [2.75, 3.05) is 23.9 Å². The average molecular weight is 294 g/mol. The topological polar surface area (TPSA) is 110 Å². The molecule has 1 heterocycles. The van der Waals surface area contributed by atoms with E-state index in [2.05, 4.69) is 15.4 Å². The smallest absolute Gasteiger partial charge is 0.332 e. The van der Waals surface area contributed by atoms with E-state index in [1.54, 1.807) is 6.92 Å². The van der Waals surface area contributed by atoms with Crippen LogP contribution < -0.4 is 16.2 Å². The molecule has 0 radical (unpaired) electrons. The maximum atomic E-state index is 11.3. The van der Waals surface area contributed by atoms with E-state index in [-0.39, 0.29) is 11.6 Å². The Morgan fingerprint density at radius 3 is 2.62 bits per heavy atom. The SMILES string of the molecule is Cc1nc(NN)nc(N(C)CC2CCCCC2)c1[N+](=O)[O-]. The fourth-order valence-corrected chi connectivity index (χ4v) is 2.94. The largest absolute Gasteiger partial charge is 0.354 e. The van der Waals surface area contributed by atoms with Crippen molar-refractivity contribution in [2.24, 2.45) is 11.8 Å². The van der Waals surface area contributed by atoms with Crippen LogP contribution in [0.3, 0.4) is 0 Å². The summed E-state index contributed by atoms with van der Waals surface area (Å²) in [7, 11) is 1.84. The van der Waals surface area contributed by atoms with Gasteiger partial charge in [0.05, 0.1) is 4.92 Å². The molecule has 3 N–H and O–H groups in total. The second-order valence-corrected chi connectivity index (χ2v) is 5.59. The molecule has 0 aromatic carbocycles. The van der Waals surface area contributed by atoms with Gasteiger partial charge in [-0.05, 0) is 25.7 Å². The van der Waals surface area contributed by atoms with Crippen LogP contribution >= 0.6 is 0 Å². The minimum absolute atomic E-state index is 0.0488. The molecule has 21 heavy (non-hydrogen) atoms. The average Bonchev–Trinajstić information content (AvgIpc) is 2.46. The number of hydrazine groups is 1. The Morgan fingerprint density at radius 2 is 2.05 bits per heavy atom. The Hall–Kier alpha value is -1.96. The van der Waals surface area contributed by atoms with Gasteiger partial charge < -0.3 is 4.90 Å². The lowest BCUT2D eigenvalue weighted by Crippen LogP contribution is -2.29. The lowest BCUT2D eigenvalue weighted by Gasteiger charge is -2.27. The summed E-state index contributed by atoms with van der Waals surface area (Å²) in [5.41, 5.74) is 2.63. The van der Waals surface area contributed by atoms with Crippen molar-refractivity contribution < 1.29 is 4.92 Å². The number of nitrogens with two attached hydrogens (primary N) is 1. The van der Waals surface area contributed by atoms with Gasteiger partial charge in [0.25, 0.3) is 0 Å². The van der Waals surface area contributed by atoms with Crippen LogP contribution in [0.2, 0.25) is 0 Å². The lowest BCUT2D eigenvalue weighted by molar-refractivity contribution is -0.385. The van der Waals surface area contributed by atoms with Gasteiger partial charge in [-0.15, -0.1) is 0 Å². The standard InChI is InChI=1S/C13H22N6O2/c1-9-11(19(20)21)12(16-13(15-9)17-14)18(2)8-10-6-4-3-5-7-10/h10H,3-8,14H2,1-2H3,(H,15,16,17). The van der Waals surface area contributed by atoms with Crippen LogP contribution in [0.4, 0.5) is 17.5 Å². The minimum Gasteiger partial charge on any atom is -0.354 e. The summed E-state index contributed by atoms with van der Waals surface area (Å²) in [5.74, 6) is 6.42. The molecule has 0 unspecified atom stereocenters. The molecule has 8 heteroatoms. The quantitative estimate of drug-likeness (QED) is 0.485. The van der Waals surface area contributed by atoms with Crippen LogP contribution in [-0.4, -0.2) is 28.5 Å². The minimum atomic E-state index is -0.428. The number of anilines is 2. The van der Waals surface area contributed by atoms with Crippen molar-refractivity contribution in [2.45, 2.75) is 39.0 Å². The third kappa shape index (κ3) is 3.57. The van der Waals surface area contributed by atoms with Crippen LogP contribution in [0.25, 0.3) is 0 Å². The van der Waals surface area contributed by atoms with Gasteiger partial charge in [0.2, 0.25) is 11.8 Å². The highest BCUT2D eigenvalue weighted by Crippen LogP contribution is 2.31. The Bertz CT molecular complexity index is 516. The molecule has 1 aliphatic carbocycles. The fourth-order valence-electron chi connectivity index (χ4n) is 2.94. The Labute approximate surface area is 123 Å². The van der Waals surface area contributed by atoms with E-state index in [1.807, 2.05) is 11.9 Å². The van der Waals surface area contributed by atoms with Crippen LogP contribution in [0.15, 0.2) is 0 Å². The van der Waals surface area contributed by atoms with Gasteiger partial charge in [0.15, 0.2) is 0 Å². The maximum absolute atomic E-state index is 11.3. The van der Waals surface area contributed by atoms with Crippen LogP contribution in [0.1, 0.15) is 37.8 Å². The fraction of sp³-hybridized carbons (Fsp3) is 0.692. The Balaban J connectivity index is 2.26. The molecular weight excluding hydrogens is 272 g/mol. The molecular formula is C13H22N6O2. The number of nitrogen functional groups attached to an aromatic ring is 1. The number of hydrogen-bond acceptors (Lipinski definition) is 7. The summed E-state index contributed by atoms with van der Waals surface area (Å²) in [5, 5.41) is 11.3. The molecule has 8 nitrogen and oxygen atoms in total. The molecule has 0 bridgehead atoms. The third-order valence-electron chi connectivity index (χ3n) is 3.97.